The van der Waals surface area contributed by atoms with Crippen molar-refractivity contribution in [3.63, 3.8) is 0 Å². The Kier molecular flexibility index (Phi) is 4.89. The average Bonchev–Trinajstić information content (AvgIpc) is 3.38. The maximum Gasteiger partial charge on any atom is 0.243 e. The van der Waals surface area contributed by atoms with Gasteiger partial charge >= 0.3 is 0 Å². The lowest BCUT2D eigenvalue weighted by molar-refractivity contribution is 0.318. The summed E-state index contributed by atoms with van der Waals surface area (Å²) in [7, 11) is -3.43. The van der Waals surface area contributed by atoms with Gasteiger partial charge in [-0.1, -0.05) is 32.9 Å². The third-order valence-corrected chi connectivity index (χ3v) is 8.71. The van der Waals surface area contributed by atoms with Gasteiger partial charge in [0.1, 0.15) is 10.0 Å². The number of aromatic nitrogens is 2. The molecule has 1 aliphatic heterocycles. The number of rotatable bonds is 4. The third kappa shape index (κ3) is 3.96. The zero-order chi connectivity index (χ0) is 19.2. The molecule has 0 atom stereocenters. The highest BCUT2D eigenvalue weighted by molar-refractivity contribution is 7.89. The Labute approximate surface area is 165 Å². The van der Waals surface area contributed by atoms with Crippen molar-refractivity contribution in [2.24, 2.45) is 0 Å². The third-order valence-electron chi connectivity index (χ3n) is 5.54. The Morgan fingerprint density at radius 2 is 1.44 bits per heavy atom. The lowest BCUT2D eigenvalue weighted by Gasteiger charge is -2.30. The number of hydrogen-bond acceptors (Lipinski definition) is 5. The number of nitrogens with zero attached hydrogens (tertiary/aromatic N) is 3. The van der Waals surface area contributed by atoms with Crippen molar-refractivity contribution >= 4 is 21.4 Å². The van der Waals surface area contributed by atoms with Crippen molar-refractivity contribution in [2.75, 3.05) is 13.1 Å². The quantitative estimate of drug-likeness (QED) is 0.761. The molecule has 27 heavy (non-hydrogen) atoms. The summed E-state index contributed by atoms with van der Waals surface area (Å²) in [6.45, 7) is 7.48. The zero-order valence-electron chi connectivity index (χ0n) is 16.2. The first-order valence-electron chi connectivity index (χ1n) is 9.69. The number of sulfonamides is 1. The molecular weight excluding hydrogens is 378 g/mol. The Balaban J connectivity index is 1.43. The van der Waals surface area contributed by atoms with Gasteiger partial charge < -0.3 is 0 Å². The number of piperidine rings is 1. The molecule has 1 aliphatic carbocycles. The molecule has 0 spiro atoms. The van der Waals surface area contributed by atoms with E-state index in [1.165, 1.54) is 17.8 Å². The Bertz CT molecular complexity index is 901. The molecule has 0 radical (unpaired) electrons. The Morgan fingerprint density at radius 1 is 0.926 bits per heavy atom. The maximum atomic E-state index is 13.0. The van der Waals surface area contributed by atoms with Gasteiger partial charge in [0.15, 0.2) is 0 Å². The summed E-state index contributed by atoms with van der Waals surface area (Å²) >= 11 is 1.73. The summed E-state index contributed by atoms with van der Waals surface area (Å²) in [6.07, 6.45) is 4.11. The van der Waals surface area contributed by atoms with Crippen LogP contribution in [0.15, 0.2) is 29.2 Å². The van der Waals surface area contributed by atoms with Gasteiger partial charge in [-0.25, -0.2) is 8.42 Å². The van der Waals surface area contributed by atoms with E-state index in [0.29, 0.717) is 29.8 Å². The van der Waals surface area contributed by atoms with E-state index in [1.807, 2.05) is 12.1 Å². The standard InChI is InChI=1S/C20H27N3O2S2/c1-20(2,3)16-6-8-17(9-7-16)27(24,25)23-12-10-15(11-13-23)19-22-21-18(26-19)14-4-5-14/h6-9,14-15H,4-5,10-13H2,1-3H3. The fourth-order valence-electron chi connectivity index (χ4n) is 3.53. The molecule has 1 aromatic heterocycles. The fraction of sp³-hybridized carbons (Fsp3) is 0.600. The van der Waals surface area contributed by atoms with Crippen molar-refractivity contribution in [1.29, 1.82) is 0 Å². The van der Waals surface area contributed by atoms with E-state index >= 15 is 0 Å². The van der Waals surface area contributed by atoms with Crippen LogP contribution < -0.4 is 0 Å². The molecule has 146 valence electrons. The number of hydrogen-bond donors (Lipinski definition) is 0. The smallest absolute Gasteiger partial charge is 0.207 e. The summed E-state index contributed by atoms with van der Waals surface area (Å²) in [5, 5.41) is 11.0. The molecule has 7 heteroatoms. The van der Waals surface area contributed by atoms with Crippen LogP contribution in [0.2, 0.25) is 0 Å². The summed E-state index contributed by atoms with van der Waals surface area (Å²) in [5.74, 6) is 0.970. The highest BCUT2D eigenvalue weighted by Gasteiger charge is 2.33. The minimum absolute atomic E-state index is 0.0156. The largest absolute Gasteiger partial charge is 0.243 e. The van der Waals surface area contributed by atoms with Crippen molar-refractivity contribution < 1.29 is 8.42 Å². The van der Waals surface area contributed by atoms with Gasteiger partial charge in [-0.2, -0.15) is 4.31 Å². The van der Waals surface area contributed by atoms with E-state index in [1.54, 1.807) is 27.8 Å². The summed E-state index contributed by atoms with van der Waals surface area (Å²) < 4.78 is 27.6. The molecule has 2 heterocycles. The van der Waals surface area contributed by atoms with E-state index in [9.17, 15) is 8.42 Å². The molecule has 2 aromatic rings. The molecule has 1 aromatic carbocycles. The van der Waals surface area contributed by atoms with Crippen LogP contribution in [-0.4, -0.2) is 36.0 Å². The lowest BCUT2D eigenvalue weighted by Crippen LogP contribution is -2.37. The topological polar surface area (TPSA) is 63.2 Å². The highest BCUT2D eigenvalue weighted by atomic mass is 32.2. The second-order valence-electron chi connectivity index (χ2n) is 8.71. The first kappa shape index (κ1) is 19.0. The second kappa shape index (κ2) is 6.94. The summed E-state index contributed by atoms with van der Waals surface area (Å²) in [4.78, 5) is 0.390. The Hall–Kier alpha value is -1.31. The minimum atomic E-state index is -3.43. The molecule has 0 bridgehead atoms. The van der Waals surface area contributed by atoms with Crippen molar-refractivity contribution in [3.05, 3.63) is 39.8 Å². The van der Waals surface area contributed by atoms with Crippen LogP contribution in [0.5, 0.6) is 0 Å². The van der Waals surface area contributed by atoms with Crippen LogP contribution >= 0.6 is 11.3 Å². The molecule has 2 fully saturated rings. The molecule has 0 unspecified atom stereocenters. The summed E-state index contributed by atoms with van der Waals surface area (Å²) in [5.41, 5.74) is 1.16. The predicted molar refractivity (Wildman–Crippen MR) is 108 cm³/mol. The van der Waals surface area contributed by atoms with Gasteiger partial charge in [-0.05, 0) is 48.8 Å². The van der Waals surface area contributed by atoms with E-state index in [4.69, 9.17) is 0 Å². The predicted octanol–water partition coefficient (Wildman–Crippen LogP) is 4.28. The van der Waals surface area contributed by atoms with Crippen LogP contribution in [0, 0.1) is 0 Å². The molecule has 0 amide bonds. The first-order valence-corrected chi connectivity index (χ1v) is 11.9. The fourth-order valence-corrected chi connectivity index (χ4v) is 6.18. The Morgan fingerprint density at radius 3 is 1.93 bits per heavy atom. The molecule has 5 nitrogen and oxygen atoms in total. The van der Waals surface area contributed by atoms with Gasteiger partial charge in [0.2, 0.25) is 10.0 Å². The van der Waals surface area contributed by atoms with Crippen molar-refractivity contribution in [2.45, 2.75) is 68.6 Å². The van der Waals surface area contributed by atoms with Crippen LogP contribution in [0.25, 0.3) is 0 Å². The van der Waals surface area contributed by atoms with Crippen LogP contribution in [0.1, 0.15) is 73.9 Å². The van der Waals surface area contributed by atoms with Gasteiger partial charge in [-0.3, -0.25) is 0 Å². The van der Waals surface area contributed by atoms with E-state index < -0.39 is 10.0 Å². The van der Waals surface area contributed by atoms with Crippen LogP contribution in [0.4, 0.5) is 0 Å². The monoisotopic (exact) mass is 405 g/mol. The first-order chi connectivity index (χ1) is 12.7. The molecule has 2 aliphatic rings. The molecule has 1 saturated heterocycles. The highest BCUT2D eigenvalue weighted by Crippen LogP contribution is 2.43. The molecule has 4 rings (SSSR count). The average molecular weight is 406 g/mol. The van der Waals surface area contributed by atoms with Crippen LogP contribution in [0.3, 0.4) is 0 Å². The van der Waals surface area contributed by atoms with Gasteiger partial charge in [0, 0.05) is 24.9 Å². The summed E-state index contributed by atoms with van der Waals surface area (Å²) in [6, 6.07) is 7.35. The maximum absolute atomic E-state index is 13.0. The zero-order valence-corrected chi connectivity index (χ0v) is 17.8. The molecule has 1 saturated carbocycles. The molecular formula is C20H27N3O2S2. The van der Waals surface area contributed by atoms with E-state index in [2.05, 4.69) is 31.0 Å². The molecule has 0 N–H and O–H groups in total. The van der Waals surface area contributed by atoms with Crippen LogP contribution in [-0.2, 0) is 15.4 Å². The number of benzene rings is 1. The lowest BCUT2D eigenvalue weighted by atomic mass is 9.87. The van der Waals surface area contributed by atoms with Gasteiger partial charge in [0.05, 0.1) is 4.90 Å². The van der Waals surface area contributed by atoms with E-state index in [0.717, 1.165) is 23.4 Å². The normalized spacial score (nSPS) is 20.1. The van der Waals surface area contributed by atoms with Gasteiger partial charge in [-0.15, -0.1) is 21.5 Å². The van der Waals surface area contributed by atoms with Gasteiger partial charge in [0.25, 0.3) is 0 Å². The second-order valence-corrected chi connectivity index (χ2v) is 11.7. The van der Waals surface area contributed by atoms with Crippen molar-refractivity contribution in [1.82, 2.24) is 14.5 Å². The van der Waals surface area contributed by atoms with Crippen molar-refractivity contribution in [3.8, 4) is 0 Å². The minimum Gasteiger partial charge on any atom is -0.207 e. The SMILES string of the molecule is CC(C)(C)c1ccc(S(=O)(=O)N2CCC(c3nnc(C4CC4)s3)CC2)cc1. The van der Waals surface area contributed by atoms with E-state index in [-0.39, 0.29) is 5.41 Å².